The van der Waals surface area contributed by atoms with Gasteiger partial charge in [-0.3, -0.25) is 0 Å². The van der Waals surface area contributed by atoms with E-state index in [9.17, 15) is 13.2 Å². The average Bonchev–Trinajstić information content (AvgIpc) is 2.99. The van der Waals surface area contributed by atoms with Gasteiger partial charge in [-0.05, 0) is 54.1 Å². The van der Waals surface area contributed by atoms with Crippen molar-refractivity contribution in [3.63, 3.8) is 0 Å². The van der Waals surface area contributed by atoms with Gasteiger partial charge in [-0.1, -0.05) is 18.2 Å². The molecule has 0 aliphatic carbocycles. The van der Waals surface area contributed by atoms with Gasteiger partial charge in [-0.25, -0.2) is 0 Å². The van der Waals surface area contributed by atoms with E-state index in [4.69, 9.17) is 4.74 Å². The highest BCUT2D eigenvalue weighted by Gasteiger charge is 2.32. The maximum atomic E-state index is 12.6. The quantitative estimate of drug-likeness (QED) is 0.679. The van der Waals surface area contributed by atoms with E-state index in [1.807, 2.05) is 30.3 Å². The van der Waals surface area contributed by atoms with Crippen molar-refractivity contribution in [2.45, 2.75) is 6.18 Å². The van der Waals surface area contributed by atoms with Crippen LogP contribution in [0.25, 0.3) is 11.3 Å². The lowest BCUT2D eigenvalue weighted by Crippen LogP contribution is -2.04. The molecule has 0 radical (unpaired) electrons. The highest BCUT2D eigenvalue weighted by atomic mass is 19.4. The Morgan fingerprint density at radius 3 is 1.95 bits per heavy atom. The Hall–Kier alpha value is -2.69. The predicted octanol–water partition coefficient (Wildman–Crippen LogP) is 5.49. The first-order valence-corrected chi connectivity index (χ1v) is 6.62. The number of rotatable bonds is 3. The summed E-state index contributed by atoms with van der Waals surface area (Å²) >= 11 is 0. The first kappa shape index (κ1) is 14.3. The van der Waals surface area contributed by atoms with Gasteiger partial charge in [0.1, 0.15) is 17.2 Å². The topological polar surface area (TPSA) is 25.0 Å². The maximum Gasteiger partial charge on any atom is 0.431 e. The van der Waals surface area contributed by atoms with E-state index in [2.05, 4.69) is 4.98 Å². The molecular formula is C17H12F3NO. The number of hydrogen-bond donors (Lipinski definition) is 1. The minimum atomic E-state index is -4.37. The van der Waals surface area contributed by atoms with Crippen LogP contribution >= 0.6 is 0 Å². The summed E-state index contributed by atoms with van der Waals surface area (Å²) in [6.45, 7) is 0. The van der Waals surface area contributed by atoms with Crippen molar-refractivity contribution in [2.24, 2.45) is 0 Å². The van der Waals surface area contributed by atoms with E-state index < -0.39 is 11.9 Å². The van der Waals surface area contributed by atoms with Gasteiger partial charge in [0.2, 0.25) is 0 Å². The van der Waals surface area contributed by atoms with Gasteiger partial charge < -0.3 is 9.72 Å². The number of benzene rings is 2. The van der Waals surface area contributed by atoms with Gasteiger partial charge in [0.05, 0.1) is 0 Å². The van der Waals surface area contributed by atoms with Crippen molar-refractivity contribution in [2.75, 3.05) is 0 Å². The molecule has 3 aromatic rings. The van der Waals surface area contributed by atoms with Crippen molar-refractivity contribution < 1.29 is 17.9 Å². The van der Waals surface area contributed by atoms with Gasteiger partial charge in [0.25, 0.3) is 0 Å². The summed E-state index contributed by atoms with van der Waals surface area (Å²) in [6.07, 6.45) is -4.37. The number of ether oxygens (including phenoxy) is 1. The highest BCUT2D eigenvalue weighted by molar-refractivity contribution is 5.61. The zero-order valence-corrected chi connectivity index (χ0v) is 11.4. The van der Waals surface area contributed by atoms with E-state index in [0.717, 1.165) is 6.07 Å². The van der Waals surface area contributed by atoms with Gasteiger partial charge in [-0.2, -0.15) is 13.2 Å². The molecule has 22 heavy (non-hydrogen) atoms. The molecule has 1 heterocycles. The minimum Gasteiger partial charge on any atom is -0.457 e. The Morgan fingerprint density at radius 1 is 0.727 bits per heavy atom. The molecule has 0 amide bonds. The van der Waals surface area contributed by atoms with E-state index in [0.29, 0.717) is 22.8 Å². The highest BCUT2D eigenvalue weighted by Crippen LogP contribution is 2.31. The predicted molar refractivity (Wildman–Crippen MR) is 77.7 cm³/mol. The van der Waals surface area contributed by atoms with Gasteiger partial charge in [0, 0.05) is 5.69 Å². The van der Waals surface area contributed by atoms with Gasteiger partial charge >= 0.3 is 6.18 Å². The van der Waals surface area contributed by atoms with Crippen LogP contribution < -0.4 is 4.74 Å². The van der Waals surface area contributed by atoms with Crippen molar-refractivity contribution in [1.82, 2.24) is 4.98 Å². The lowest BCUT2D eigenvalue weighted by molar-refractivity contribution is -0.140. The Labute approximate surface area is 125 Å². The van der Waals surface area contributed by atoms with E-state index in [1.165, 1.54) is 6.07 Å². The fourth-order valence-electron chi connectivity index (χ4n) is 2.06. The number of halogens is 3. The number of H-pyrrole nitrogens is 1. The molecule has 112 valence electrons. The maximum absolute atomic E-state index is 12.6. The van der Waals surface area contributed by atoms with Crippen molar-refractivity contribution >= 4 is 0 Å². The van der Waals surface area contributed by atoms with E-state index >= 15 is 0 Å². The molecular weight excluding hydrogens is 291 g/mol. The van der Waals surface area contributed by atoms with Gasteiger partial charge in [0.15, 0.2) is 0 Å². The standard InChI is InChI=1S/C17H12F3NO/c18-17(19,20)16-11-10-15(21-16)12-6-8-14(9-7-12)22-13-4-2-1-3-5-13/h1-11,21H. The molecule has 2 aromatic carbocycles. The molecule has 0 aliphatic heterocycles. The smallest absolute Gasteiger partial charge is 0.431 e. The second-order valence-corrected chi connectivity index (χ2v) is 4.72. The first-order chi connectivity index (χ1) is 10.5. The summed E-state index contributed by atoms with van der Waals surface area (Å²) in [5, 5.41) is 0. The SMILES string of the molecule is FC(F)(F)c1ccc(-c2ccc(Oc3ccccc3)cc2)[nH]1. The monoisotopic (exact) mass is 303 g/mol. The van der Waals surface area contributed by atoms with Crippen LogP contribution in [-0.4, -0.2) is 4.98 Å². The molecule has 2 nitrogen and oxygen atoms in total. The number of alkyl halides is 3. The molecule has 0 atom stereocenters. The molecule has 1 N–H and O–H groups in total. The van der Waals surface area contributed by atoms with Crippen LogP contribution in [0.5, 0.6) is 11.5 Å². The van der Waals surface area contributed by atoms with E-state index in [1.54, 1.807) is 24.3 Å². The Bertz CT molecular complexity index is 746. The number of hydrogen-bond acceptors (Lipinski definition) is 1. The molecule has 0 saturated carbocycles. The summed E-state index contributed by atoms with van der Waals surface area (Å²) in [5.74, 6) is 1.33. The van der Waals surface area contributed by atoms with Crippen LogP contribution in [0.2, 0.25) is 0 Å². The third kappa shape index (κ3) is 3.14. The summed E-state index contributed by atoms with van der Waals surface area (Å²) in [7, 11) is 0. The minimum absolute atomic E-state index is 0.415. The van der Waals surface area contributed by atoms with Crippen molar-refractivity contribution in [3.8, 4) is 22.8 Å². The van der Waals surface area contributed by atoms with Crippen LogP contribution in [0.1, 0.15) is 5.69 Å². The van der Waals surface area contributed by atoms with Crippen LogP contribution in [0, 0.1) is 0 Å². The Balaban J connectivity index is 1.78. The lowest BCUT2D eigenvalue weighted by atomic mass is 10.1. The van der Waals surface area contributed by atoms with Gasteiger partial charge in [-0.15, -0.1) is 0 Å². The fourth-order valence-corrected chi connectivity index (χ4v) is 2.06. The second kappa shape index (κ2) is 5.60. The summed E-state index contributed by atoms with van der Waals surface area (Å²) in [6, 6.07) is 18.6. The zero-order chi connectivity index (χ0) is 15.6. The number of aromatic amines is 1. The van der Waals surface area contributed by atoms with Crippen LogP contribution in [-0.2, 0) is 6.18 Å². The van der Waals surface area contributed by atoms with Crippen LogP contribution in [0.3, 0.4) is 0 Å². The average molecular weight is 303 g/mol. The van der Waals surface area contributed by atoms with Crippen LogP contribution in [0.4, 0.5) is 13.2 Å². The second-order valence-electron chi connectivity index (χ2n) is 4.72. The lowest BCUT2D eigenvalue weighted by Gasteiger charge is -2.06. The number of nitrogens with one attached hydrogen (secondary N) is 1. The molecule has 0 unspecified atom stereocenters. The number of aromatic nitrogens is 1. The normalized spacial score (nSPS) is 11.4. The molecule has 0 saturated heterocycles. The van der Waals surface area contributed by atoms with Crippen molar-refractivity contribution in [3.05, 3.63) is 72.4 Å². The van der Waals surface area contributed by atoms with Crippen molar-refractivity contribution in [1.29, 1.82) is 0 Å². The first-order valence-electron chi connectivity index (χ1n) is 6.62. The molecule has 3 rings (SSSR count). The number of para-hydroxylation sites is 1. The molecule has 0 spiro atoms. The molecule has 0 aliphatic rings. The fraction of sp³-hybridized carbons (Fsp3) is 0.0588. The molecule has 5 heteroatoms. The Morgan fingerprint density at radius 2 is 1.36 bits per heavy atom. The largest absolute Gasteiger partial charge is 0.457 e. The molecule has 0 fully saturated rings. The molecule has 0 bridgehead atoms. The summed E-state index contributed by atoms with van der Waals surface area (Å²) < 4.78 is 43.4. The summed E-state index contributed by atoms with van der Waals surface area (Å²) in [4.78, 5) is 2.37. The molecule has 1 aromatic heterocycles. The zero-order valence-electron chi connectivity index (χ0n) is 11.4. The summed E-state index contributed by atoms with van der Waals surface area (Å²) in [5.41, 5.74) is 0.321. The Kier molecular flexibility index (Phi) is 3.63. The van der Waals surface area contributed by atoms with Crippen LogP contribution in [0.15, 0.2) is 66.7 Å². The third-order valence-corrected chi connectivity index (χ3v) is 3.14. The van der Waals surface area contributed by atoms with E-state index in [-0.39, 0.29) is 0 Å². The third-order valence-electron chi connectivity index (χ3n) is 3.14.